The van der Waals surface area contributed by atoms with Crippen LogP contribution in [0.1, 0.15) is 27.7 Å². The Hall–Kier alpha value is -1.63. The largest absolute Gasteiger partial charge is 0.463 e. The summed E-state index contributed by atoms with van der Waals surface area (Å²) in [6.45, 7) is 5.39. The summed E-state index contributed by atoms with van der Waals surface area (Å²) in [7, 11) is 0. The van der Waals surface area contributed by atoms with Crippen molar-refractivity contribution in [3.63, 3.8) is 0 Å². The van der Waals surface area contributed by atoms with Gasteiger partial charge in [0, 0.05) is 20.8 Å². The van der Waals surface area contributed by atoms with E-state index in [1.807, 2.05) is 0 Å². The van der Waals surface area contributed by atoms with Crippen molar-refractivity contribution in [2.24, 2.45) is 0 Å². The topological polar surface area (TPSA) is 88.1 Å². The highest BCUT2D eigenvalue weighted by molar-refractivity contribution is 5.68. The fourth-order valence-corrected chi connectivity index (χ4v) is 1.89. The molecule has 1 aliphatic rings. The normalized spacial score (nSPS) is 29.7. The third kappa shape index (κ3) is 4.20. The minimum atomic E-state index is -1.03. The van der Waals surface area contributed by atoms with E-state index in [-0.39, 0.29) is 13.2 Å². The van der Waals surface area contributed by atoms with Gasteiger partial charge in [-0.25, -0.2) is 0 Å². The van der Waals surface area contributed by atoms with E-state index in [0.29, 0.717) is 0 Å². The summed E-state index contributed by atoms with van der Waals surface area (Å²) in [5, 5.41) is 0. The van der Waals surface area contributed by atoms with Crippen molar-refractivity contribution in [3.8, 4) is 0 Å². The van der Waals surface area contributed by atoms with E-state index in [2.05, 4.69) is 0 Å². The molecule has 0 unspecified atom stereocenters. The van der Waals surface area contributed by atoms with Crippen molar-refractivity contribution in [2.75, 3.05) is 13.2 Å². The lowest BCUT2D eigenvalue weighted by molar-refractivity contribution is -0.174. The van der Waals surface area contributed by atoms with Crippen LogP contribution in [0.3, 0.4) is 0 Å². The first-order valence-corrected chi connectivity index (χ1v) is 5.86. The SMILES string of the molecule is CC(=O)OC[C@@]1(C)OC[C@@H](OC(C)=O)[C@H]1OC(C)=O. The Morgan fingerprint density at radius 3 is 2.16 bits per heavy atom. The highest BCUT2D eigenvalue weighted by Crippen LogP contribution is 2.31. The summed E-state index contributed by atoms with van der Waals surface area (Å²) in [5.74, 6) is -1.49. The third-order valence-electron chi connectivity index (χ3n) is 2.69. The molecule has 0 spiro atoms. The fourth-order valence-electron chi connectivity index (χ4n) is 1.89. The predicted molar refractivity (Wildman–Crippen MR) is 62.1 cm³/mol. The summed E-state index contributed by atoms with van der Waals surface area (Å²) in [6, 6.07) is 0. The lowest BCUT2D eigenvalue weighted by atomic mass is 9.98. The molecule has 1 aliphatic heterocycles. The molecule has 3 atom stereocenters. The van der Waals surface area contributed by atoms with Crippen molar-refractivity contribution < 1.29 is 33.3 Å². The van der Waals surface area contributed by atoms with E-state index in [9.17, 15) is 14.4 Å². The van der Waals surface area contributed by atoms with Crippen molar-refractivity contribution >= 4 is 17.9 Å². The maximum absolute atomic E-state index is 11.1. The van der Waals surface area contributed by atoms with Crippen LogP contribution in [-0.2, 0) is 33.3 Å². The molecule has 0 amide bonds. The van der Waals surface area contributed by atoms with Gasteiger partial charge in [0.1, 0.15) is 12.2 Å². The summed E-state index contributed by atoms with van der Waals surface area (Å²) in [6.07, 6.45) is -1.52. The Balaban J connectivity index is 2.81. The zero-order chi connectivity index (χ0) is 14.6. The van der Waals surface area contributed by atoms with Gasteiger partial charge in [0.25, 0.3) is 0 Å². The van der Waals surface area contributed by atoms with E-state index in [1.165, 1.54) is 20.8 Å². The zero-order valence-electron chi connectivity index (χ0n) is 11.4. The van der Waals surface area contributed by atoms with Crippen LogP contribution in [0.4, 0.5) is 0 Å². The van der Waals surface area contributed by atoms with Gasteiger partial charge in [0.15, 0.2) is 12.2 Å². The second kappa shape index (κ2) is 6.01. The van der Waals surface area contributed by atoms with Gasteiger partial charge in [0.05, 0.1) is 6.61 Å². The molecule has 7 heteroatoms. The standard InChI is InChI=1S/C12H18O7/c1-7(13)16-6-12(4)11(19-9(3)15)10(5-17-12)18-8(2)14/h10-11H,5-6H2,1-4H3/t10-,11-,12-/m1/s1. The number of carbonyl (C=O) groups excluding carboxylic acids is 3. The van der Waals surface area contributed by atoms with E-state index in [4.69, 9.17) is 18.9 Å². The molecule has 1 saturated heterocycles. The first-order valence-electron chi connectivity index (χ1n) is 5.86. The maximum atomic E-state index is 11.1. The van der Waals surface area contributed by atoms with Crippen LogP contribution in [0.2, 0.25) is 0 Å². The lowest BCUT2D eigenvalue weighted by Crippen LogP contribution is -2.48. The van der Waals surface area contributed by atoms with Crippen LogP contribution in [-0.4, -0.2) is 48.9 Å². The maximum Gasteiger partial charge on any atom is 0.303 e. The molecule has 108 valence electrons. The summed E-state index contributed by atoms with van der Waals surface area (Å²) < 4.78 is 20.6. The van der Waals surface area contributed by atoms with Gasteiger partial charge in [-0.1, -0.05) is 0 Å². The molecule has 1 fully saturated rings. The first-order chi connectivity index (χ1) is 8.74. The molecule has 0 radical (unpaired) electrons. The Kier molecular flexibility index (Phi) is 4.88. The van der Waals surface area contributed by atoms with Gasteiger partial charge in [-0.2, -0.15) is 0 Å². The zero-order valence-corrected chi connectivity index (χ0v) is 11.4. The molecule has 0 aliphatic carbocycles. The molecule has 0 aromatic rings. The molecule has 0 saturated carbocycles. The average molecular weight is 274 g/mol. The van der Waals surface area contributed by atoms with E-state index < -0.39 is 35.7 Å². The number of esters is 3. The van der Waals surface area contributed by atoms with Crippen LogP contribution in [0.15, 0.2) is 0 Å². The van der Waals surface area contributed by atoms with Crippen LogP contribution in [0.5, 0.6) is 0 Å². The van der Waals surface area contributed by atoms with Crippen LogP contribution in [0, 0.1) is 0 Å². The number of hydrogen-bond acceptors (Lipinski definition) is 7. The minimum absolute atomic E-state index is 0.0787. The fraction of sp³-hybridized carbons (Fsp3) is 0.750. The van der Waals surface area contributed by atoms with Crippen LogP contribution >= 0.6 is 0 Å². The molecule has 0 N–H and O–H groups in total. The second-order valence-corrected chi connectivity index (χ2v) is 4.58. The Morgan fingerprint density at radius 1 is 1.11 bits per heavy atom. The quantitative estimate of drug-likeness (QED) is 0.534. The highest BCUT2D eigenvalue weighted by atomic mass is 16.6. The van der Waals surface area contributed by atoms with Gasteiger partial charge in [-0.05, 0) is 6.92 Å². The van der Waals surface area contributed by atoms with E-state index >= 15 is 0 Å². The molecular formula is C12H18O7. The summed E-state index contributed by atoms with van der Waals surface area (Å²) >= 11 is 0. The Morgan fingerprint density at radius 2 is 1.68 bits per heavy atom. The summed E-state index contributed by atoms with van der Waals surface area (Å²) in [5.41, 5.74) is -1.03. The molecule has 7 nitrogen and oxygen atoms in total. The minimum Gasteiger partial charge on any atom is -0.463 e. The molecular weight excluding hydrogens is 256 g/mol. The molecule has 19 heavy (non-hydrogen) atoms. The number of hydrogen-bond donors (Lipinski definition) is 0. The smallest absolute Gasteiger partial charge is 0.303 e. The Bertz CT molecular complexity index is 378. The number of rotatable bonds is 4. The van der Waals surface area contributed by atoms with Crippen molar-refractivity contribution in [1.29, 1.82) is 0 Å². The molecule has 1 rings (SSSR count). The van der Waals surface area contributed by atoms with E-state index in [1.54, 1.807) is 6.92 Å². The van der Waals surface area contributed by atoms with Gasteiger partial charge in [0.2, 0.25) is 0 Å². The summed E-state index contributed by atoms with van der Waals surface area (Å²) in [4.78, 5) is 33.0. The molecule has 0 aromatic heterocycles. The van der Waals surface area contributed by atoms with Crippen molar-refractivity contribution in [1.82, 2.24) is 0 Å². The molecule has 0 bridgehead atoms. The predicted octanol–water partition coefficient (Wildman–Crippen LogP) is 0.202. The Labute approximate surface area is 111 Å². The van der Waals surface area contributed by atoms with Gasteiger partial charge in [-0.15, -0.1) is 0 Å². The lowest BCUT2D eigenvalue weighted by Gasteiger charge is -2.30. The van der Waals surface area contributed by atoms with Crippen LogP contribution in [0.25, 0.3) is 0 Å². The van der Waals surface area contributed by atoms with Crippen LogP contribution < -0.4 is 0 Å². The number of carbonyl (C=O) groups is 3. The monoisotopic (exact) mass is 274 g/mol. The number of ether oxygens (including phenoxy) is 4. The highest BCUT2D eigenvalue weighted by Gasteiger charge is 2.51. The first kappa shape index (κ1) is 15.4. The van der Waals surface area contributed by atoms with Crippen molar-refractivity contribution in [2.45, 2.75) is 45.5 Å². The average Bonchev–Trinajstić information content (AvgIpc) is 2.55. The molecule has 1 heterocycles. The van der Waals surface area contributed by atoms with Gasteiger partial charge < -0.3 is 18.9 Å². The third-order valence-corrected chi connectivity index (χ3v) is 2.69. The van der Waals surface area contributed by atoms with Crippen molar-refractivity contribution in [3.05, 3.63) is 0 Å². The van der Waals surface area contributed by atoms with E-state index in [0.717, 1.165) is 0 Å². The second-order valence-electron chi connectivity index (χ2n) is 4.58. The molecule has 0 aromatic carbocycles. The van der Waals surface area contributed by atoms with Gasteiger partial charge in [-0.3, -0.25) is 14.4 Å². The van der Waals surface area contributed by atoms with Gasteiger partial charge >= 0.3 is 17.9 Å².